The third-order valence-corrected chi connectivity index (χ3v) is 4.42. The number of nitrogen functional groups attached to an aromatic ring is 1. The molecule has 2 aromatic rings. The van der Waals surface area contributed by atoms with Gasteiger partial charge >= 0.3 is 5.69 Å². The number of carbonyl (C=O) groups excluding carboxylic acids is 1. The smallest absolute Gasteiger partial charge is 0.332 e. The summed E-state index contributed by atoms with van der Waals surface area (Å²) in [6.45, 7) is 0. The maximum Gasteiger partial charge on any atom is 0.332 e. The van der Waals surface area contributed by atoms with Crippen molar-refractivity contribution in [2.45, 2.75) is 0 Å². The molecule has 0 radical (unpaired) electrons. The van der Waals surface area contributed by atoms with Crippen LogP contribution in [0.5, 0.6) is 0 Å². The highest BCUT2D eigenvalue weighted by Crippen LogP contribution is 2.27. The number of ketones is 1. The summed E-state index contributed by atoms with van der Waals surface area (Å²) in [5.41, 5.74) is 3.67. The fourth-order valence-corrected chi connectivity index (χ4v) is 2.51. The molecule has 0 aliphatic rings. The summed E-state index contributed by atoms with van der Waals surface area (Å²) in [6, 6.07) is 6.43. The number of Topliss-reactive ketones (excluding diaryl/α,β-unsaturated/α-hetero) is 1. The number of carbonyl (C=O) groups is 1. The van der Waals surface area contributed by atoms with Crippen LogP contribution in [0, 0.1) is 11.3 Å². The predicted octanol–water partition coefficient (Wildman–Crippen LogP) is 1.76. The van der Waals surface area contributed by atoms with Crippen molar-refractivity contribution < 1.29 is 4.79 Å². The topological polar surface area (TPSA) is 111 Å². The molecular formula is C16H12Cl2N4O3. The van der Waals surface area contributed by atoms with Gasteiger partial charge in [0.05, 0.1) is 10.0 Å². The molecule has 128 valence electrons. The van der Waals surface area contributed by atoms with E-state index in [2.05, 4.69) is 0 Å². The van der Waals surface area contributed by atoms with E-state index in [-0.39, 0.29) is 21.4 Å². The molecule has 0 aliphatic heterocycles. The van der Waals surface area contributed by atoms with Crippen LogP contribution in [0.4, 0.5) is 5.82 Å². The average Bonchev–Trinajstić information content (AvgIpc) is 2.59. The summed E-state index contributed by atoms with van der Waals surface area (Å²) in [5.74, 6) is -1.23. The van der Waals surface area contributed by atoms with Crippen LogP contribution >= 0.6 is 23.2 Å². The maximum atomic E-state index is 12.7. The van der Waals surface area contributed by atoms with E-state index in [4.69, 9.17) is 28.9 Å². The first-order chi connectivity index (χ1) is 11.7. The number of hydrogen-bond acceptors (Lipinski definition) is 5. The highest BCUT2D eigenvalue weighted by Gasteiger charge is 2.23. The molecule has 1 heterocycles. The van der Waals surface area contributed by atoms with Crippen LogP contribution in [0.2, 0.25) is 10.0 Å². The number of halogens is 2. The van der Waals surface area contributed by atoms with Crippen molar-refractivity contribution in [2.75, 3.05) is 5.73 Å². The van der Waals surface area contributed by atoms with Crippen molar-refractivity contribution in [3.8, 4) is 6.07 Å². The van der Waals surface area contributed by atoms with Crippen molar-refractivity contribution in [3.63, 3.8) is 0 Å². The number of nitriles is 1. The first-order valence-corrected chi connectivity index (χ1v) is 7.62. The lowest BCUT2D eigenvalue weighted by atomic mass is 10.0. The molecule has 7 nitrogen and oxygen atoms in total. The molecule has 0 spiro atoms. The minimum absolute atomic E-state index is 0.158. The molecule has 0 saturated carbocycles. The Hall–Kier alpha value is -2.82. The summed E-state index contributed by atoms with van der Waals surface area (Å²) in [6.07, 6.45) is 1.21. The number of allylic oxidation sites excluding steroid dienone is 1. The van der Waals surface area contributed by atoms with E-state index >= 15 is 0 Å². The Labute approximate surface area is 152 Å². The van der Waals surface area contributed by atoms with Crippen LogP contribution in [0.15, 0.2) is 33.4 Å². The van der Waals surface area contributed by atoms with Gasteiger partial charge in [0.1, 0.15) is 23.0 Å². The van der Waals surface area contributed by atoms with Crippen LogP contribution in [0.25, 0.3) is 6.08 Å². The van der Waals surface area contributed by atoms with E-state index in [1.165, 1.54) is 20.2 Å². The van der Waals surface area contributed by atoms with Gasteiger partial charge in [0.15, 0.2) is 0 Å². The third-order valence-electron chi connectivity index (χ3n) is 3.58. The molecular weight excluding hydrogens is 367 g/mol. The fraction of sp³-hybridized carbons (Fsp3) is 0.125. The Balaban J connectivity index is 2.70. The Bertz CT molecular complexity index is 1070. The summed E-state index contributed by atoms with van der Waals surface area (Å²) >= 11 is 12.0. The van der Waals surface area contributed by atoms with Gasteiger partial charge in [-0.2, -0.15) is 5.26 Å². The Morgan fingerprint density at radius 3 is 2.48 bits per heavy atom. The fourth-order valence-electron chi connectivity index (χ4n) is 2.14. The van der Waals surface area contributed by atoms with E-state index in [0.717, 1.165) is 9.13 Å². The van der Waals surface area contributed by atoms with Crippen LogP contribution in [0.1, 0.15) is 15.9 Å². The summed E-state index contributed by atoms with van der Waals surface area (Å²) in [4.78, 5) is 36.7. The van der Waals surface area contributed by atoms with Gasteiger partial charge in [-0.25, -0.2) is 4.79 Å². The van der Waals surface area contributed by atoms with E-state index in [0.29, 0.717) is 5.56 Å². The molecule has 9 heteroatoms. The van der Waals surface area contributed by atoms with Gasteiger partial charge < -0.3 is 5.73 Å². The first-order valence-electron chi connectivity index (χ1n) is 6.86. The van der Waals surface area contributed by atoms with Crippen LogP contribution in [-0.2, 0) is 14.1 Å². The number of nitrogens with two attached hydrogens (primary N) is 1. The van der Waals surface area contributed by atoms with Gasteiger partial charge in [0.25, 0.3) is 5.56 Å². The zero-order chi connectivity index (χ0) is 18.9. The molecule has 0 saturated heterocycles. The Kier molecular flexibility index (Phi) is 5.16. The van der Waals surface area contributed by atoms with Crippen molar-refractivity contribution in [2.24, 2.45) is 14.1 Å². The number of anilines is 1. The molecule has 2 rings (SSSR count). The number of aromatic nitrogens is 2. The largest absolute Gasteiger partial charge is 0.384 e. The lowest BCUT2D eigenvalue weighted by Crippen LogP contribution is -2.41. The zero-order valence-electron chi connectivity index (χ0n) is 13.2. The van der Waals surface area contributed by atoms with Gasteiger partial charge in [-0.1, -0.05) is 35.3 Å². The molecule has 0 aliphatic carbocycles. The molecule has 2 N–H and O–H groups in total. The normalized spacial score (nSPS) is 11.2. The van der Waals surface area contributed by atoms with E-state index in [9.17, 15) is 19.6 Å². The van der Waals surface area contributed by atoms with Gasteiger partial charge in [-0.3, -0.25) is 18.7 Å². The number of rotatable bonds is 3. The minimum atomic E-state index is -0.910. The van der Waals surface area contributed by atoms with E-state index in [1.54, 1.807) is 24.3 Å². The molecule has 25 heavy (non-hydrogen) atoms. The lowest BCUT2D eigenvalue weighted by Gasteiger charge is -2.10. The number of benzene rings is 1. The molecule has 1 aromatic carbocycles. The lowest BCUT2D eigenvalue weighted by molar-refractivity contribution is 0.103. The van der Waals surface area contributed by atoms with Crippen molar-refractivity contribution >= 4 is 40.9 Å². The second kappa shape index (κ2) is 6.97. The van der Waals surface area contributed by atoms with Crippen molar-refractivity contribution in [1.29, 1.82) is 5.26 Å². The monoisotopic (exact) mass is 378 g/mol. The predicted molar refractivity (Wildman–Crippen MR) is 95.7 cm³/mol. The summed E-state index contributed by atoms with van der Waals surface area (Å²) in [5, 5.41) is 9.73. The molecule has 0 bridgehead atoms. The second-order valence-corrected chi connectivity index (χ2v) is 5.89. The minimum Gasteiger partial charge on any atom is -0.384 e. The first kappa shape index (κ1) is 18.5. The zero-order valence-corrected chi connectivity index (χ0v) is 14.7. The van der Waals surface area contributed by atoms with E-state index in [1.807, 2.05) is 0 Å². The van der Waals surface area contributed by atoms with Gasteiger partial charge in [-0.15, -0.1) is 0 Å². The molecule has 0 fully saturated rings. The highest BCUT2D eigenvalue weighted by molar-refractivity contribution is 6.43. The number of nitrogens with zero attached hydrogens (tertiary/aromatic N) is 3. The highest BCUT2D eigenvalue weighted by atomic mass is 35.5. The van der Waals surface area contributed by atoms with Gasteiger partial charge in [0, 0.05) is 14.1 Å². The molecule has 1 aromatic heterocycles. The average molecular weight is 379 g/mol. The second-order valence-electron chi connectivity index (χ2n) is 5.11. The molecule has 0 unspecified atom stereocenters. The van der Waals surface area contributed by atoms with E-state index < -0.39 is 22.6 Å². The molecule has 0 atom stereocenters. The summed E-state index contributed by atoms with van der Waals surface area (Å²) in [7, 11) is 2.53. The Morgan fingerprint density at radius 1 is 1.24 bits per heavy atom. The Morgan fingerprint density at radius 2 is 1.88 bits per heavy atom. The van der Waals surface area contributed by atoms with Crippen LogP contribution in [0.3, 0.4) is 0 Å². The quantitative estimate of drug-likeness (QED) is 0.496. The van der Waals surface area contributed by atoms with Gasteiger partial charge in [-0.05, 0) is 17.7 Å². The third kappa shape index (κ3) is 3.22. The SMILES string of the molecule is Cn1c(N)c(C(=O)/C(C#N)=C/c2cccc(Cl)c2Cl)c(=O)n(C)c1=O. The maximum absolute atomic E-state index is 12.7. The van der Waals surface area contributed by atoms with Crippen LogP contribution < -0.4 is 17.0 Å². The van der Waals surface area contributed by atoms with Crippen molar-refractivity contribution in [3.05, 3.63) is 65.8 Å². The number of hydrogen-bond donors (Lipinski definition) is 1. The standard InChI is InChI=1S/C16H12Cl2N4O3/c1-21-14(20)11(15(24)22(2)16(21)25)13(23)9(7-19)6-8-4-3-5-10(17)12(8)18/h3-6H,20H2,1-2H3/b9-6+. The van der Waals surface area contributed by atoms with Crippen LogP contribution in [-0.4, -0.2) is 14.9 Å². The molecule has 0 amide bonds. The summed E-state index contributed by atoms with van der Waals surface area (Å²) < 4.78 is 1.70. The van der Waals surface area contributed by atoms with Crippen molar-refractivity contribution in [1.82, 2.24) is 9.13 Å². The van der Waals surface area contributed by atoms with Gasteiger partial charge in [0.2, 0.25) is 5.78 Å².